The first kappa shape index (κ1) is 16.4. The summed E-state index contributed by atoms with van der Waals surface area (Å²) in [5.41, 5.74) is 0. The Morgan fingerprint density at radius 3 is 2.26 bits per heavy atom. The quantitative estimate of drug-likeness (QED) is 0.332. The summed E-state index contributed by atoms with van der Waals surface area (Å²) in [7, 11) is 0. The van der Waals surface area contributed by atoms with Gasteiger partial charge in [-0.1, -0.05) is 0 Å². The minimum atomic E-state index is 0.919. The van der Waals surface area contributed by atoms with E-state index in [9.17, 15) is 0 Å². The maximum atomic E-state index is 2.37. The van der Waals surface area contributed by atoms with Crippen molar-refractivity contribution in [2.45, 2.75) is 52.7 Å². The van der Waals surface area contributed by atoms with Gasteiger partial charge in [0.25, 0.3) is 0 Å². The van der Waals surface area contributed by atoms with Gasteiger partial charge >= 0.3 is 159 Å². The molecule has 3 aliphatic heterocycles. The van der Waals surface area contributed by atoms with Crippen LogP contribution in [0.15, 0.2) is 0 Å². The van der Waals surface area contributed by atoms with Crippen LogP contribution in [0.25, 0.3) is 0 Å². The standard InChI is InChI=1S/C14H20S2SeTe2/c18-13(3-10-6-15-10)5-12-2-1-9(8-17-12)14(19)4-11-7-16-11/h9-12H,1-8H2. The van der Waals surface area contributed by atoms with Crippen LogP contribution >= 0.6 is 23.5 Å². The third-order valence-corrected chi connectivity index (χ3v) is 11.4. The van der Waals surface area contributed by atoms with Gasteiger partial charge in [0.05, 0.1) is 0 Å². The van der Waals surface area contributed by atoms with Gasteiger partial charge in [0.1, 0.15) is 0 Å². The second kappa shape index (κ2) is 7.88. The van der Waals surface area contributed by atoms with Gasteiger partial charge in [-0.3, -0.25) is 0 Å². The Balaban J connectivity index is 1.35. The molecule has 19 heavy (non-hydrogen) atoms. The van der Waals surface area contributed by atoms with E-state index in [4.69, 9.17) is 0 Å². The predicted molar refractivity (Wildman–Crippen MR) is 94.9 cm³/mol. The number of rotatable bonds is 7. The zero-order valence-electron chi connectivity index (χ0n) is 11.0. The SMILES string of the molecule is [Te]=C(CC1CS1)CC1CCC(C(=[Te])CC2CS2)C[Se]1. The third-order valence-electron chi connectivity index (χ3n) is 3.97. The van der Waals surface area contributed by atoms with Crippen LogP contribution in [0.4, 0.5) is 0 Å². The fourth-order valence-electron chi connectivity index (χ4n) is 2.57. The van der Waals surface area contributed by atoms with Gasteiger partial charge < -0.3 is 0 Å². The summed E-state index contributed by atoms with van der Waals surface area (Å²) >= 11 is 9.95. The summed E-state index contributed by atoms with van der Waals surface area (Å²) in [5, 5.41) is 3.58. The summed E-state index contributed by atoms with van der Waals surface area (Å²) in [6.45, 7) is 0. The summed E-state index contributed by atoms with van der Waals surface area (Å²) in [6.07, 6.45) is 7.36. The molecule has 0 radical (unpaired) electrons. The fraction of sp³-hybridized carbons (Fsp3) is 0.857. The van der Waals surface area contributed by atoms with Gasteiger partial charge in [0, 0.05) is 0 Å². The average Bonchev–Trinajstić information content (AvgIpc) is 3.26. The first-order valence-corrected chi connectivity index (χ1v) is 13.7. The van der Waals surface area contributed by atoms with Gasteiger partial charge in [-0.2, -0.15) is 0 Å². The Bertz CT molecular complexity index is 358. The summed E-state index contributed by atoms with van der Waals surface area (Å²) in [5.74, 6) is 3.87. The molecule has 3 fully saturated rings. The van der Waals surface area contributed by atoms with Crippen LogP contribution < -0.4 is 0 Å². The van der Waals surface area contributed by atoms with Crippen molar-refractivity contribution in [3.8, 4) is 0 Å². The van der Waals surface area contributed by atoms with E-state index in [0.717, 1.165) is 36.2 Å². The molecule has 3 aliphatic rings. The first-order chi connectivity index (χ1) is 9.20. The second-order valence-corrected chi connectivity index (χ2v) is 14.4. The van der Waals surface area contributed by atoms with E-state index in [2.05, 4.69) is 67.2 Å². The number of hydrogen-bond donors (Lipinski definition) is 0. The van der Waals surface area contributed by atoms with E-state index in [-0.39, 0.29) is 0 Å². The molecule has 4 unspecified atom stereocenters. The topological polar surface area (TPSA) is 0 Å². The van der Waals surface area contributed by atoms with Crippen molar-refractivity contribution < 1.29 is 0 Å². The summed E-state index contributed by atoms with van der Waals surface area (Å²) < 4.78 is 3.66. The molecule has 0 aromatic carbocycles. The van der Waals surface area contributed by atoms with E-state index >= 15 is 0 Å². The Morgan fingerprint density at radius 2 is 1.68 bits per heavy atom. The van der Waals surface area contributed by atoms with Crippen molar-refractivity contribution in [3.05, 3.63) is 0 Å². The van der Waals surface area contributed by atoms with Crippen molar-refractivity contribution in [1.82, 2.24) is 0 Å². The average molecular weight is 587 g/mol. The fourth-order valence-corrected chi connectivity index (χ4v) is 11.3. The molecule has 0 N–H and O–H groups in total. The number of thioether (sulfide) groups is 2. The van der Waals surface area contributed by atoms with Crippen molar-refractivity contribution >= 4 is 89.2 Å². The van der Waals surface area contributed by atoms with Gasteiger partial charge in [-0.05, 0) is 0 Å². The molecule has 0 aromatic rings. The van der Waals surface area contributed by atoms with Gasteiger partial charge in [0.15, 0.2) is 0 Å². The molecule has 0 amide bonds. The van der Waals surface area contributed by atoms with E-state index in [1.807, 2.05) is 7.10 Å². The predicted octanol–water partition coefficient (Wildman–Crippen LogP) is 2.39. The molecule has 3 rings (SSSR count). The molecule has 3 heterocycles. The molecule has 0 aliphatic carbocycles. The van der Waals surface area contributed by atoms with Crippen molar-refractivity contribution in [2.24, 2.45) is 5.92 Å². The molecule has 0 bridgehead atoms. The molecule has 0 aromatic heterocycles. The van der Waals surface area contributed by atoms with Crippen molar-refractivity contribution in [3.63, 3.8) is 0 Å². The molecule has 3 saturated heterocycles. The van der Waals surface area contributed by atoms with Crippen LogP contribution in [0.2, 0.25) is 10.1 Å². The van der Waals surface area contributed by atoms with Crippen LogP contribution in [-0.4, -0.2) is 87.7 Å². The second-order valence-electron chi connectivity index (χ2n) is 5.76. The van der Waals surface area contributed by atoms with Crippen LogP contribution in [0, 0.1) is 5.92 Å². The zero-order chi connectivity index (χ0) is 13.2. The normalized spacial score (nSPS) is 36.8. The van der Waals surface area contributed by atoms with E-state index in [0.29, 0.717) is 0 Å². The molecular weight excluding hydrogens is 566 g/mol. The van der Waals surface area contributed by atoms with Crippen LogP contribution in [0.3, 0.4) is 0 Å². The van der Waals surface area contributed by atoms with Gasteiger partial charge in [-0.15, -0.1) is 0 Å². The first-order valence-electron chi connectivity index (χ1n) is 7.10. The number of hydrogen-bond acceptors (Lipinski definition) is 2. The Hall–Kier alpha value is 2.54. The maximum absolute atomic E-state index is 2.37. The van der Waals surface area contributed by atoms with E-state index in [1.54, 1.807) is 5.32 Å². The molecule has 0 spiro atoms. The van der Waals surface area contributed by atoms with E-state index < -0.39 is 0 Å². The Morgan fingerprint density at radius 1 is 1.00 bits per heavy atom. The molecule has 4 atom stereocenters. The van der Waals surface area contributed by atoms with Crippen molar-refractivity contribution in [2.75, 3.05) is 11.5 Å². The molecule has 0 nitrogen and oxygen atoms in total. The van der Waals surface area contributed by atoms with Crippen LogP contribution in [0.5, 0.6) is 0 Å². The Kier molecular flexibility index (Phi) is 6.80. The summed E-state index contributed by atoms with van der Waals surface area (Å²) in [4.78, 5) is 1.08. The minimum absolute atomic E-state index is 0.919. The molecule has 5 heteroatoms. The zero-order valence-corrected chi connectivity index (χ0v) is 19.0. The van der Waals surface area contributed by atoms with E-state index in [1.165, 1.54) is 43.6 Å². The van der Waals surface area contributed by atoms with Crippen LogP contribution in [-0.2, 0) is 0 Å². The van der Waals surface area contributed by atoms with Crippen molar-refractivity contribution in [1.29, 1.82) is 0 Å². The molecular formula is C14H20S2SeTe2. The monoisotopic (exact) mass is 592 g/mol. The Labute approximate surface area is 157 Å². The van der Waals surface area contributed by atoms with Gasteiger partial charge in [0.2, 0.25) is 0 Å². The molecule has 106 valence electrons. The summed E-state index contributed by atoms with van der Waals surface area (Å²) in [6, 6.07) is 0. The molecule has 0 saturated carbocycles. The van der Waals surface area contributed by atoms with Gasteiger partial charge in [-0.25, -0.2) is 0 Å². The third kappa shape index (κ3) is 5.92. The van der Waals surface area contributed by atoms with Crippen LogP contribution in [0.1, 0.15) is 32.1 Å².